The summed E-state index contributed by atoms with van der Waals surface area (Å²) in [5, 5.41) is 22.0. The normalized spacial score (nSPS) is 19.7. The second-order valence-corrected chi connectivity index (χ2v) is 22.8. The summed E-state index contributed by atoms with van der Waals surface area (Å²) in [6, 6.07) is 28.2. The van der Waals surface area contributed by atoms with E-state index in [4.69, 9.17) is 46.4 Å². The zero-order chi connectivity index (χ0) is 52.0. The quantitative estimate of drug-likeness (QED) is 0.108. The SMILES string of the molecule is CN(C)C(=O)c1ccc(NC2CN(C3CCN(C(=O)C4(c5ccc(Cl)cc5)CCC4)CC3)C2)cc1Cl.CN(C)C(=O)c1ccc(NC2CN(C3CCNCC3)C2)cc1Cl.Cl.O=C(O)C1(c2ccc(Cl)cc2)CCC1. The van der Waals surface area contributed by atoms with Gasteiger partial charge in [-0.05, 0) is 136 Å². The fourth-order valence-corrected chi connectivity index (χ4v) is 11.8. The van der Waals surface area contributed by atoms with Crippen molar-refractivity contribution in [3.63, 3.8) is 0 Å². The van der Waals surface area contributed by atoms with E-state index < -0.39 is 11.4 Å². The highest BCUT2D eigenvalue weighted by Crippen LogP contribution is 2.46. The lowest BCUT2D eigenvalue weighted by molar-refractivity contribution is -0.147. The predicted molar refractivity (Wildman–Crippen MR) is 301 cm³/mol. The van der Waals surface area contributed by atoms with Crippen molar-refractivity contribution in [3.05, 3.63) is 127 Å². The average Bonchev–Trinajstić information content (AvgIpc) is 3.32. The van der Waals surface area contributed by atoms with Crippen LogP contribution in [0, 0.1) is 0 Å². The highest BCUT2D eigenvalue weighted by molar-refractivity contribution is 6.34. The van der Waals surface area contributed by atoms with Gasteiger partial charge in [0.2, 0.25) is 5.91 Å². The number of carbonyl (C=O) groups is 4. The highest BCUT2D eigenvalue weighted by Gasteiger charge is 2.49. The van der Waals surface area contributed by atoms with Crippen molar-refractivity contribution >= 4 is 93.9 Å². The van der Waals surface area contributed by atoms with Crippen LogP contribution in [-0.2, 0) is 20.4 Å². The van der Waals surface area contributed by atoms with Gasteiger partial charge in [0.1, 0.15) is 0 Å². The van der Waals surface area contributed by atoms with Gasteiger partial charge in [-0.15, -0.1) is 12.4 Å². The molecule has 4 aromatic carbocycles. The van der Waals surface area contributed by atoms with E-state index in [1.54, 1.807) is 52.5 Å². The molecule has 400 valence electrons. The van der Waals surface area contributed by atoms with Crippen molar-refractivity contribution in [2.24, 2.45) is 0 Å². The van der Waals surface area contributed by atoms with Crippen molar-refractivity contribution < 1.29 is 24.3 Å². The van der Waals surface area contributed by atoms with Crippen molar-refractivity contribution in [2.45, 2.75) is 99.2 Å². The molecule has 18 heteroatoms. The molecule has 6 fully saturated rings. The Morgan fingerprint density at radius 1 is 0.581 bits per heavy atom. The number of piperidine rings is 2. The van der Waals surface area contributed by atoms with E-state index in [1.807, 2.05) is 60.7 Å². The first kappa shape index (κ1) is 57.4. The molecule has 6 aliphatic rings. The number of amides is 3. The number of carbonyl (C=O) groups excluding carboxylic acids is 3. The Labute approximate surface area is 463 Å². The maximum Gasteiger partial charge on any atom is 0.314 e. The topological polar surface area (TPSA) is 141 Å². The molecule has 4 N–H and O–H groups in total. The number of hydrogen-bond donors (Lipinski definition) is 4. The number of aliphatic carboxylic acids is 1. The second kappa shape index (κ2) is 25.2. The maximum atomic E-state index is 13.6. The van der Waals surface area contributed by atoms with Crippen LogP contribution in [0.15, 0.2) is 84.9 Å². The lowest BCUT2D eigenvalue weighted by Gasteiger charge is -2.49. The van der Waals surface area contributed by atoms with Crippen molar-refractivity contribution in [2.75, 3.05) is 91.2 Å². The van der Waals surface area contributed by atoms with Gasteiger partial charge in [0.15, 0.2) is 0 Å². The summed E-state index contributed by atoms with van der Waals surface area (Å²) < 4.78 is 0. The number of nitrogens with one attached hydrogen (secondary N) is 3. The largest absolute Gasteiger partial charge is 0.481 e. The molecule has 2 saturated carbocycles. The lowest BCUT2D eigenvalue weighted by Crippen LogP contribution is -2.61. The number of nitrogens with zero attached hydrogens (tertiary/aromatic N) is 5. The summed E-state index contributed by atoms with van der Waals surface area (Å²) in [4.78, 5) is 59.2. The van der Waals surface area contributed by atoms with Gasteiger partial charge in [-0.25, -0.2) is 0 Å². The standard InChI is InChI=1S/C28H34Cl2N4O2.C17H25ClN4O.C11H11ClO2.ClH/c1-32(2)26(35)24-9-8-21(16-25(24)30)31-22-17-34(18-22)23-10-14-33(15-11-23)27(36)28(12-3-13-28)19-4-6-20(29)7-5-19;1-21(2)17(23)15-4-3-12(9-16(15)18)20-13-10-22(11-13)14-5-7-19-8-6-14;12-9-4-2-8(3-5-9)11(10(13)14)6-1-7-11;/h4-9,16,22-23,31H,3,10-15,17-18H2,1-2H3;3-4,9,13-14,19-20H,5-8,10-11H2,1-2H3;2-5H,1,6-7H2,(H,13,14);1H. The molecule has 13 nitrogen and oxygen atoms in total. The molecule has 0 radical (unpaired) electrons. The van der Waals surface area contributed by atoms with Crippen LogP contribution in [0.25, 0.3) is 0 Å². The monoisotopic (exact) mass is 1110 g/mol. The first-order chi connectivity index (χ1) is 35.0. The molecule has 0 bridgehead atoms. The van der Waals surface area contributed by atoms with Crippen LogP contribution >= 0.6 is 58.8 Å². The van der Waals surface area contributed by atoms with Crippen LogP contribution < -0.4 is 16.0 Å². The van der Waals surface area contributed by atoms with E-state index in [0.717, 1.165) is 132 Å². The minimum absolute atomic E-state index is 0. The maximum absolute atomic E-state index is 13.6. The number of carboxylic acid groups (broad SMARTS) is 1. The van der Waals surface area contributed by atoms with Gasteiger partial charge in [0, 0.05) is 101 Å². The number of likely N-dealkylation sites (tertiary alicyclic amines) is 3. The van der Waals surface area contributed by atoms with Crippen LogP contribution in [0.1, 0.15) is 96.1 Å². The Morgan fingerprint density at radius 3 is 1.32 bits per heavy atom. The highest BCUT2D eigenvalue weighted by atomic mass is 35.5. The van der Waals surface area contributed by atoms with Gasteiger partial charge >= 0.3 is 5.97 Å². The summed E-state index contributed by atoms with van der Waals surface area (Å²) in [7, 11) is 6.90. The summed E-state index contributed by atoms with van der Waals surface area (Å²) in [6.07, 6.45) is 9.97. The molecule has 0 spiro atoms. The van der Waals surface area contributed by atoms with Gasteiger partial charge in [-0.1, -0.05) is 83.5 Å². The minimum atomic E-state index is -0.717. The van der Waals surface area contributed by atoms with E-state index in [2.05, 4.69) is 30.7 Å². The van der Waals surface area contributed by atoms with E-state index in [9.17, 15) is 24.3 Å². The molecular formula is C56H71Cl5N8O5. The van der Waals surface area contributed by atoms with Crippen molar-refractivity contribution in [3.8, 4) is 0 Å². The van der Waals surface area contributed by atoms with Crippen LogP contribution in [0.3, 0.4) is 0 Å². The molecule has 0 atom stereocenters. The summed E-state index contributed by atoms with van der Waals surface area (Å²) in [5.41, 5.74) is 3.99. The molecule has 0 aromatic heterocycles. The van der Waals surface area contributed by atoms with E-state index in [0.29, 0.717) is 55.3 Å². The molecular weight excluding hydrogens is 1040 g/mol. The zero-order valence-corrected chi connectivity index (χ0v) is 46.7. The smallest absolute Gasteiger partial charge is 0.314 e. The predicted octanol–water partition coefficient (Wildman–Crippen LogP) is 10.1. The molecule has 74 heavy (non-hydrogen) atoms. The van der Waals surface area contributed by atoms with Crippen LogP contribution in [0.5, 0.6) is 0 Å². The van der Waals surface area contributed by atoms with Crippen LogP contribution in [0.2, 0.25) is 20.1 Å². The van der Waals surface area contributed by atoms with Gasteiger partial charge in [-0.2, -0.15) is 0 Å². The van der Waals surface area contributed by atoms with E-state index in [-0.39, 0.29) is 29.6 Å². The number of hydrogen-bond acceptors (Lipinski definition) is 9. The molecule has 4 aromatic rings. The van der Waals surface area contributed by atoms with Gasteiger partial charge < -0.3 is 35.8 Å². The first-order valence-corrected chi connectivity index (χ1v) is 27.3. The van der Waals surface area contributed by atoms with E-state index >= 15 is 0 Å². The van der Waals surface area contributed by atoms with Crippen LogP contribution in [0.4, 0.5) is 11.4 Å². The van der Waals surface area contributed by atoms with Crippen molar-refractivity contribution in [1.82, 2.24) is 29.8 Å². The molecule has 0 unspecified atom stereocenters. The molecule has 4 heterocycles. The lowest BCUT2D eigenvalue weighted by atomic mass is 9.63. The zero-order valence-electron chi connectivity index (χ0n) is 42.9. The second-order valence-electron chi connectivity index (χ2n) is 21.1. The number of halogens is 5. The molecule has 3 amide bonds. The minimum Gasteiger partial charge on any atom is -0.481 e. The number of carboxylic acids is 1. The van der Waals surface area contributed by atoms with Crippen LogP contribution in [-0.4, -0.2) is 158 Å². The van der Waals surface area contributed by atoms with Gasteiger partial charge in [-0.3, -0.25) is 29.0 Å². The number of benzene rings is 4. The molecule has 4 saturated heterocycles. The first-order valence-electron chi connectivity index (χ1n) is 25.8. The molecule has 2 aliphatic carbocycles. The third kappa shape index (κ3) is 13.1. The summed E-state index contributed by atoms with van der Waals surface area (Å²) in [6.45, 7) is 8.04. The number of rotatable bonds is 12. The Kier molecular flexibility index (Phi) is 19.6. The Hall–Kier alpha value is -4.31. The molecule has 4 aliphatic heterocycles. The third-order valence-electron chi connectivity index (χ3n) is 15.9. The molecule has 10 rings (SSSR count). The fourth-order valence-electron chi connectivity index (χ4n) is 11.1. The average molecular weight is 1110 g/mol. The van der Waals surface area contributed by atoms with Gasteiger partial charge in [0.25, 0.3) is 11.8 Å². The van der Waals surface area contributed by atoms with Gasteiger partial charge in [0.05, 0.1) is 44.1 Å². The third-order valence-corrected chi connectivity index (χ3v) is 17.0. The fraction of sp³-hybridized carbons (Fsp3) is 0.500. The Morgan fingerprint density at radius 2 is 0.973 bits per heavy atom. The summed E-state index contributed by atoms with van der Waals surface area (Å²) in [5.74, 6) is -0.582. The van der Waals surface area contributed by atoms with Crippen molar-refractivity contribution in [1.29, 1.82) is 0 Å². The van der Waals surface area contributed by atoms with E-state index in [1.165, 1.54) is 22.6 Å². The number of anilines is 2. The Balaban J connectivity index is 0.000000179. The Bertz CT molecular complexity index is 2570. The summed E-state index contributed by atoms with van der Waals surface area (Å²) >= 11 is 24.5.